The summed E-state index contributed by atoms with van der Waals surface area (Å²) in [5.41, 5.74) is 0.339. The summed E-state index contributed by atoms with van der Waals surface area (Å²) >= 11 is 0. The van der Waals surface area contributed by atoms with Gasteiger partial charge in [-0.15, -0.1) is 0 Å². The Morgan fingerprint density at radius 3 is 2.55 bits per heavy atom. The summed E-state index contributed by atoms with van der Waals surface area (Å²) in [6.45, 7) is 0.291. The molecule has 1 heterocycles. The van der Waals surface area contributed by atoms with Crippen molar-refractivity contribution in [3.05, 3.63) is 65.5 Å². The Hall–Kier alpha value is -2.06. The van der Waals surface area contributed by atoms with Crippen LogP contribution < -0.4 is 17.0 Å². The molecule has 104 valence electrons. The number of hydrogen-bond acceptors (Lipinski definition) is 1. The molecule has 1 aromatic heterocycles. The smallest absolute Gasteiger partial charge is 0.416 e. The van der Waals surface area contributed by atoms with Gasteiger partial charge in [-0.3, -0.25) is 0 Å². The van der Waals surface area contributed by atoms with E-state index in [1.54, 1.807) is 35.2 Å². The quantitative estimate of drug-likeness (QED) is 0.713. The maximum absolute atomic E-state index is 12.6. The largest absolute Gasteiger partial charge is 1.00 e. The Balaban J connectivity index is 0.00000200. The number of alkyl halides is 3. The van der Waals surface area contributed by atoms with E-state index >= 15 is 0 Å². The monoisotopic (exact) mass is 298 g/mol. The summed E-state index contributed by atoms with van der Waals surface area (Å²) in [6.07, 6.45) is -1.03. The molecule has 2 aromatic rings. The van der Waals surface area contributed by atoms with Gasteiger partial charge in [0.1, 0.15) is 11.6 Å². The van der Waals surface area contributed by atoms with Crippen molar-refractivity contribution in [3.63, 3.8) is 0 Å². The highest BCUT2D eigenvalue weighted by Crippen LogP contribution is 2.29. The van der Waals surface area contributed by atoms with Crippen LogP contribution in [0.15, 0.2) is 48.8 Å². The Bertz CT molecular complexity index is 633. The average Bonchev–Trinajstić information content (AvgIpc) is 2.38. The van der Waals surface area contributed by atoms with Crippen molar-refractivity contribution < 1.29 is 30.1 Å². The number of hydrogen-bond donors (Lipinski definition) is 0. The summed E-state index contributed by atoms with van der Waals surface area (Å²) in [6, 6.07) is 10.5. The van der Waals surface area contributed by atoms with Crippen LogP contribution in [0.1, 0.15) is 16.7 Å². The van der Waals surface area contributed by atoms with Gasteiger partial charge in [-0.1, -0.05) is 12.1 Å². The highest BCUT2D eigenvalue weighted by atomic mass is 35.5. The molecular weight excluding hydrogens is 289 g/mol. The van der Waals surface area contributed by atoms with Crippen LogP contribution in [0.5, 0.6) is 0 Å². The lowest BCUT2D eigenvalue weighted by Crippen LogP contribution is -3.00. The standard InChI is InChI=1S/C14H10F3N2.ClH/c15-14(16,17)13-5-1-3-11(7-13)9-19-6-2-4-12(8-18)10-19;/h1-7,10H,9H2;1H/q+1;/p-1. The number of aromatic nitrogens is 1. The number of nitrogens with zero attached hydrogens (tertiary/aromatic N) is 2. The minimum atomic E-state index is -4.34. The predicted octanol–water partition coefficient (Wildman–Crippen LogP) is -0.0831. The molecule has 2 rings (SSSR count). The molecule has 20 heavy (non-hydrogen) atoms. The van der Waals surface area contributed by atoms with E-state index in [1.807, 2.05) is 6.07 Å². The predicted molar refractivity (Wildman–Crippen MR) is 61.9 cm³/mol. The summed E-state index contributed by atoms with van der Waals surface area (Å²) in [5.74, 6) is 0. The Kier molecular flexibility index (Phi) is 5.12. The molecule has 0 fully saturated rings. The van der Waals surface area contributed by atoms with Gasteiger partial charge in [0.05, 0.1) is 5.56 Å². The van der Waals surface area contributed by atoms with Crippen molar-refractivity contribution >= 4 is 0 Å². The van der Waals surface area contributed by atoms with Crippen molar-refractivity contribution in [1.29, 1.82) is 5.26 Å². The maximum Gasteiger partial charge on any atom is 0.416 e. The van der Waals surface area contributed by atoms with Crippen LogP contribution >= 0.6 is 0 Å². The molecule has 1 aromatic carbocycles. The molecule has 0 saturated heterocycles. The van der Waals surface area contributed by atoms with Gasteiger partial charge < -0.3 is 12.4 Å². The molecule has 0 N–H and O–H groups in total. The van der Waals surface area contributed by atoms with Gasteiger partial charge in [-0.2, -0.15) is 23.0 Å². The third kappa shape index (κ3) is 3.97. The first-order valence-corrected chi connectivity index (χ1v) is 5.54. The van der Waals surface area contributed by atoms with E-state index in [4.69, 9.17) is 5.26 Å². The first-order chi connectivity index (χ1) is 8.99. The molecule has 0 aliphatic heterocycles. The van der Waals surface area contributed by atoms with Crippen LogP contribution in [-0.4, -0.2) is 0 Å². The fourth-order valence-electron chi connectivity index (χ4n) is 1.74. The fourth-order valence-corrected chi connectivity index (χ4v) is 1.74. The third-order valence-electron chi connectivity index (χ3n) is 2.61. The molecule has 0 aliphatic carbocycles. The van der Waals surface area contributed by atoms with Gasteiger partial charge in [-0.25, -0.2) is 0 Å². The van der Waals surface area contributed by atoms with Crippen molar-refractivity contribution in [2.24, 2.45) is 0 Å². The zero-order valence-corrected chi connectivity index (χ0v) is 11.0. The average molecular weight is 299 g/mol. The zero-order valence-electron chi connectivity index (χ0n) is 10.2. The van der Waals surface area contributed by atoms with Crippen molar-refractivity contribution in [2.75, 3.05) is 0 Å². The summed E-state index contributed by atoms with van der Waals surface area (Å²) < 4.78 is 39.4. The van der Waals surface area contributed by atoms with Crippen LogP contribution in [0.25, 0.3) is 0 Å². The first-order valence-electron chi connectivity index (χ1n) is 5.54. The van der Waals surface area contributed by atoms with Crippen molar-refractivity contribution in [2.45, 2.75) is 12.7 Å². The summed E-state index contributed by atoms with van der Waals surface area (Å²) in [7, 11) is 0. The second kappa shape index (κ2) is 6.40. The number of pyridine rings is 1. The maximum atomic E-state index is 12.6. The van der Waals surface area contributed by atoms with Crippen LogP contribution in [0.2, 0.25) is 0 Å². The van der Waals surface area contributed by atoms with E-state index in [-0.39, 0.29) is 12.4 Å². The van der Waals surface area contributed by atoms with Crippen molar-refractivity contribution in [3.8, 4) is 6.07 Å². The second-order valence-corrected chi connectivity index (χ2v) is 4.07. The first kappa shape index (κ1) is 16.0. The molecule has 2 nitrogen and oxygen atoms in total. The molecular formula is C14H10ClF3N2. The number of benzene rings is 1. The van der Waals surface area contributed by atoms with E-state index in [0.29, 0.717) is 17.7 Å². The van der Waals surface area contributed by atoms with Gasteiger partial charge in [0.15, 0.2) is 18.9 Å². The minimum absolute atomic E-state index is 0. The van der Waals surface area contributed by atoms with Crippen LogP contribution in [0.4, 0.5) is 13.2 Å². The molecule has 0 saturated carbocycles. The molecule has 0 unspecified atom stereocenters. The van der Waals surface area contributed by atoms with Gasteiger partial charge in [0.25, 0.3) is 0 Å². The van der Waals surface area contributed by atoms with Crippen LogP contribution in [0.3, 0.4) is 0 Å². The lowest BCUT2D eigenvalue weighted by atomic mass is 10.1. The molecule has 0 amide bonds. The molecule has 6 heteroatoms. The summed E-state index contributed by atoms with van der Waals surface area (Å²) in [4.78, 5) is 0. The Labute approximate surface area is 120 Å². The molecule has 0 aliphatic rings. The van der Waals surface area contributed by atoms with Gasteiger partial charge in [0.2, 0.25) is 0 Å². The van der Waals surface area contributed by atoms with Crippen LogP contribution in [-0.2, 0) is 12.7 Å². The second-order valence-electron chi connectivity index (χ2n) is 4.07. The number of halogens is 4. The third-order valence-corrected chi connectivity index (χ3v) is 2.61. The van der Waals surface area contributed by atoms with Crippen LogP contribution in [0, 0.1) is 11.3 Å². The van der Waals surface area contributed by atoms with E-state index < -0.39 is 11.7 Å². The van der Waals surface area contributed by atoms with Gasteiger partial charge >= 0.3 is 6.18 Å². The molecule has 0 spiro atoms. The Morgan fingerprint density at radius 2 is 1.90 bits per heavy atom. The number of nitriles is 1. The lowest BCUT2D eigenvalue weighted by molar-refractivity contribution is -0.688. The molecule has 0 bridgehead atoms. The SMILES string of the molecule is N#Cc1ccc[n+](Cc2cccc(C(F)(F)F)c2)c1.[Cl-]. The normalized spacial score (nSPS) is 10.5. The van der Waals surface area contributed by atoms with Crippen molar-refractivity contribution in [1.82, 2.24) is 0 Å². The van der Waals surface area contributed by atoms with E-state index in [0.717, 1.165) is 12.1 Å². The number of rotatable bonds is 2. The minimum Gasteiger partial charge on any atom is -1.00 e. The topological polar surface area (TPSA) is 27.7 Å². The van der Waals surface area contributed by atoms with E-state index in [1.165, 1.54) is 6.07 Å². The highest BCUT2D eigenvalue weighted by molar-refractivity contribution is 5.25. The molecule has 0 atom stereocenters. The fraction of sp³-hybridized carbons (Fsp3) is 0.143. The van der Waals surface area contributed by atoms with Gasteiger partial charge in [-0.05, 0) is 18.2 Å². The van der Waals surface area contributed by atoms with E-state index in [2.05, 4.69) is 0 Å². The lowest BCUT2D eigenvalue weighted by Gasteiger charge is -2.07. The molecule has 0 radical (unpaired) electrons. The van der Waals surface area contributed by atoms with Gasteiger partial charge in [0, 0.05) is 11.6 Å². The highest BCUT2D eigenvalue weighted by Gasteiger charge is 2.30. The zero-order chi connectivity index (χ0) is 13.9. The Morgan fingerprint density at radius 1 is 1.15 bits per heavy atom. The summed E-state index contributed by atoms with van der Waals surface area (Å²) in [5, 5.41) is 8.77. The van der Waals surface area contributed by atoms with E-state index in [9.17, 15) is 13.2 Å².